The maximum Gasteiger partial charge on any atom is 0.145 e. The van der Waals surface area contributed by atoms with E-state index in [9.17, 15) is 0 Å². The van der Waals surface area contributed by atoms with Crippen LogP contribution in [0.15, 0.2) is 18.2 Å². The summed E-state index contributed by atoms with van der Waals surface area (Å²) in [5.74, 6) is 2.35. The Morgan fingerprint density at radius 2 is 2.24 bits per heavy atom. The van der Waals surface area contributed by atoms with Crippen molar-refractivity contribution in [3.05, 3.63) is 18.2 Å². The van der Waals surface area contributed by atoms with E-state index in [1.807, 2.05) is 18.2 Å². The van der Waals surface area contributed by atoms with Gasteiger partial charge in [-0.2, -0.15) is 0 Å². The Morgan fingerprint density at radius 1 is 1.35 bits per heavy atom. The third-order valence-electron chi connectivity index (χ3n) is 3.15. The Labute approximate surface area is 102 Å². The molecule has 1 saturated heterocycles. The van der Waals surface area contributed by atoms with E-state index in [1.54, 1.807) is 14.2 Å². The lowest BCUT2D eigenvalue weighted by Gasteiger charge is -2.15. The van der Waals surface area contributed by atoms with Gasteiger partial charge in [0.25, 0.3) is 0 Å². The van der Waals surface area contributed by atoms with Gasteiger partial charge in [-0.3, -0.25) is 0 Å². The molecule has 0 bridgehead atoms. The van der Waals surface area contributed by atoms with E-state index < -0.39 is 0 Å². The Balaban J connectivity index is 1.98. The van der Waals surface area contributed by atoms with Gasteiger partial charge in [-0.05, 0) is 37.6 Å². The molecular formula is C13H20N2O2. The van der Waals surface area contributed by atoms with Crippen LogP contribution in [0.5, 0.6) is 11.5 Å². The molecule has 0 spiro atoms. The van der Waals surface area contributed by atoms with Crippen LogP contribution in [0.4, 0.5) is 5.69 Å². The third kappa shape index (κ3) is 3.03. The van der Waals surface area contributed by atoms with Gasteiger partial charge in [0.2, 0.25) is 0 Å². The molecule has 94 valence electrons. The number of methoxy groups -OCH3 is 2. The van der Waals surface area contributed by atoms with Gasteiger partial charge in [-0.25, -0.2) is 0 Å². The molecule has 1 aliphatic heterocycles. The van der Waals surface area contributed by atoms with Crippen molar-refractivity contribution >= 4 is 5.69 Å². The van der Waals surface area contributed by atoms with E-state index >= 15 is 0 Å². The predicted octanol–water partition coefficient (Wildman–Crippen LogP) is 1.73. The highest BCUT2D eigenvalue weighted by atomic mass is 16.5. The first-order valence-electron chi connectivity index (χ1n) is 6.00. The third-order valence-corrected chi connectivity index (χ3v) is 3.15. The second-order valence-corrected chi connectivity index (χ2v) is 4.31. The Kier molecular flexibility index (Phi) is 4.09. The Hall–Kier alpha value is -1.42. The number of hydrogen-bond donors (Lipinski definition) is 2. The maximum absolute atomic E-state index is 5.34. The first-order chi connectivity index (χ1) is 8.33. The Bertz CT molecular complexity index is 362. The molecule has 0 aliphatic carbocycles. The zero-order valence-corrected chi connectivity index (χ0v) is 10.5. The molecule has 17 heavy (non-hydrogen) atoms. The molecule has 4 nitrogen and oxygen atoms in total. The highest BCUT2D eigenvalue weighted by Gasteiger charge is 2.14. The minimum atomic E-state index is 0.710. The van der Waals surface area contributed by atoms with Crippen molar-refractivity contribution in [2.24, 2.45) is 5.92 Å². The molecule has 1 heterocycles. The summed E-state index contributed by atoms with van der Waals surface area (Å²) in [6.07, 6.45) is 1.24. The molecule has 0 saturated carbocycles. The summed E-state index contributed by atoms with van der Waals surface area (Å²) in [6, 6.07) is 5.84. The van der Waals surface area contributed by atoms with E-state index in [4.69, 9.17) is 9.47 Å². The number of nitrogens with one attached hydrogen (secondary N) is 2. The second kappa shape index (κ2) is 5.77. The smallest absolute Gasteiger partial charge is 0.145 e. The molecule has 1 fully saturated rings. The summed E-state index contributed by atoms with van der Waals surface area (Å²) in [5.41, 5.74) is 1.03. The van der Waals surface area contributed by atoms with Crippen molar-refractivity contribution in [1.29, 1.82) is 0 Å². The summed E-state index contributed by atoms with van der Waals surface area (Å²) in [7, 11) is 3.34. The monoisotopic (exact) mass is 236 g/mol. The highest BCUT2D eigenvalue weighted by molar-refractivity contribution is 5.59. The normalized spacial score (nSPS) is 19.1. The summed E-state index contributed by atoms with van der Waals surface area (Å²) in [6.45, 7) is 3.22. The van der Waals surface area contributed by atoms with E-state index in [0.717, 1.165) is 36.8 Å². The van der Waals surface area contributed by atoms with E-state index in [2.05, 4.69) is 10.6 Å². The summed E-state index contributed by atoms with van der Waals surface area (Å²) >= 11 is 0. The molecule has 1 aromatic carbocycles. The molecule has 1 aromatic rings. The van der Waals surface area contributed by atoms with Gasteiger partial charge in [-0.15, -0.1) is 0 Å². The standard InChI is InChI=1S/C13H20N2O2/c1-16-11-3-4-12(13(7-11)17-2)15-9-10-5-6-14-8-10/h3-4,7,10,14-15H,5-6,8-9H2,1-2H3. The van der Waals surface area contributed by atoms with Gasteiger partial charge >= 0.3 is 0 Å². The average molecular weight is 236 g/mol. The highest BCUT2D eigenvalue weighted by Crippen LogP contribution is 2.29. The summed E-state index contributed by atoms with van der Waals surface area (Å²) in [4.78, 5) is 0. The topological polar surface area (TPSA) is 42.5 Å². The van der Waals surface area contributed by atoms with E-state index in [-0.39, 0.29) is 0 Å². The maximum atomic E-state index is 5.34. The fraction of sp³-hybridized carbons (Fsp3) is 0.538. The number of hydrogen-bond acceptors (Lipinski definition) is 4. The van der Waals surface area contributed by atoms with Crippen molar-refractivity contribution in [3.63, 3.8) is 0 Å². The Morgan fingerprint density at radius 3 is 2.88 bits per heavy atom. The molecule has 2 rings (SSSR count). The minimum Gasteiger partial charge on any atom is -0.497 e. The van der Waals surface area contributed by atoms with Crippen LogP contribution in [0.25, 0.3) is 0 Å². The predicted molar refractivity (Wildman–Crippen MR) is 69.0 cm³/mol. The zero-order chi connectivity index (χ0) is 12.1. The van der Waals surface area contributed by atoms with Gasteiger partial charge < -0.3 is 20.1 Å². The van der Waals surface area contributed by atoms with Gasteiger partial charge in [-0.1, -0.05) is 0 Å². The number of rotatable bonds is 5. The lowest BCUT2D eigenvalue weighted by atomic mass is 10.1. The van der Waals surface area contributed by atoms with Crippen LogP contribution < -0.4 is 20.1 Å². The molecule has 1 unspecified atom stereocenters. The molecular weight excluding hydrogens is 216 g/mol. The molecule has 0 amide bonds. The lowest BCUT2D eigenvalue weighted by molar-refractivity contribution is 0.395. The van der Waals surface area contributed by atoms with E-state index in [0.29, 0.717) is 5.92 Å². The van der Waals surface area contributed by atoms with Crippen LogP contribution >= 0.6 is 0 Å². The molecule has 1 aliphatic rings. The van der Waals surface area contributed by atoms with Crippen LogP contribution in [0.2, 0.25) is 0 Å². The lowest BCUT2D eigenvalue weighted by Crippen LogP contribution is -2.17. The summed E-state index contributed by atoms with van der Waals surface area (Å²) in [5, 5.41) is 6.80. The van der Waals surface area contributed by atoms with Gasteiger partial charge in [0.1, 0.15) is 11.5 Å². The average Bonchev–Trinajstić information content (AvgIpc) is 2.89. The number of benzene rings is 1. The van der Waals surface area contributed by atoms with Gasteiger partial charge in [0.05, 0.1) is 19.9 Å². The molecule has 2 N–H and O–H groups in total. The van der Waals surface area contributed by atoms with Gasteiger partial charge in [0, 0.05) is 12.6 Å². The van der Waals surface area contributed by atoms with E-state index in [1.165, 1.54) is 6.42 Å². The van der Waals surface area contributed by atoms with Crippen molar-refractivity contribution < 1.29 is 9.47 Å². The SMILES string of the molecule is COc1ccc(NCC2CCNC2)c(OC)c1. The van der Waals surface area contributed by atoms with Crippen LogP contribution in [-0.2, 0) is 0 Å². The second-order valence-electron chi connectivity index (χ2n) is 4.31. The zero-order valence-electron chi connectivity index (χ0n) is 10.5. The van der Waals surface area contributed by atoms with Crippen molar-refractivity contribution in [2.75, 3.05) is 39.2 Å². The van der Waals surface area contributed by atoms with Crippen molar-refractivity contribution in [2.45, 2.75) is 6.42 Å². The van der Waals surface area contributed by atoms with Crippen LogP contribution in [0.3, 0.4) is 0 Å². The molecule has 0 radical (unpaired) electrons. The van der Waals surface area contributed by atoms with Gasteiger partial charge in [0.15, 0.2) is 0 Å². The quantitative estimate of drug-likeness (QED) is 0.817. The largest absolute Gasteiger partial charge is 0.497 e. The molecule has 1 atom stereocenters. The summed E-state index contributed by atoms with van der Waals surface area (Å²) < 4.78 is 10.5. The van der Waals surface area contributed by atoms with Crippen LogP contribution in [0.1, 0.15) is 6.42 Å². The van der Waals surface area contributed by atoms with Crippen molar-refractivity contribution in [3.8, 4) is 11.5 Å². The van der Waals surface area contributed by atoms with Crippen LogP contribution in [-0.4, -0.2) is 33.9 Å². The first-order valence-corrected chi connectivity index (χ1v) is 6.00. The van der Waals surface area contributed by atoms with Crippen molar-refractivity contribution in [1.82, 2.24) is 5.32 Å². The molecule has 0 aromatic heterocycles. The fourth-order valence-corrected chi connectivity index (χ4v) is 2.09. The minimum absolute atomic E-state index is 0.710. The molecule has 4 heteroatoms. The fourth-order valence-electron chi connectivity index (χ4n) is 2.09. The number of ether oxygens (including phenoxy) is 2. The van der Waals surface area contributed by atoms with Crippen LogP contribution in [0, 0.1) is 5.92 Å². The first kappa shape index (κ1) is 12.0. The number of anilines is 1.